The largest absolute Gasteiger partial charge is 0.494 e. The van der Waals surface area contributed by atoms with Crippen molar-refractivity contribution in [3.63, 3.8) is 0 Å². The van der Waals surface area contributed by atoms with Crippen LogP contribution in [0.15, 0.2) is 60.4 Å². The van der Waals surface area contributed by atoms with Crippen LogP contribution in [0.4, 0.5) is 28.8 Å². The summed E-state index contributed by atoms with van der Waals surface area (Å²) in [6.07, 6.45) is 11.3. The van der Waals surface area contributed by atoms with E-state index in [1.165, 1.54) is 44.7 Å². The van der Waals surface area contributed by atoms with Crippen LogP contribution in [-0.2, 0) is 0 Å². The van der Waals surface area contributed by atoms with Crippen molar-refractivity contribution in [3.8, 4) is 5.75 Å². The molecule has 0 saturated carbocycles. The Morgan fingerprint density at radius 2 is 1.72 bits per heavy atom. The molecule has 0 unspecified atom stereocenters. The maximum Gasteiger partial charge on any atom is 0.229 e. The van der Waals surface area contributed by atoms with Crippen LogP contribution in [0.1, 0.15) is 18.4 Å². The lowest BCUT2D eigenvalue weighted by Crippen LogP contribution is -2.52. The number of hydrogen-bond acceptors (Lipinski definition) is 11. The van der Waals surface area contributed by atoms with Gasteiger partial charge in [0.05, 0.1) is 28.9 Å². The van der Waals surface area contributed by atoms with E-state index in [1.54, 1.807) is 43.5 Å². The monoisotopic (exact) mass is 597 g/mol. The van der Waals surface area contributed by atoms with Crippen molar-refractivity contribution in [2.24, 2.45) is 0 Å². The summed E-state index contributed by atoms with van der Waals surface area (Å²) in [5.74, 6) is 1.85. The number of nitrogens with one attached hydrogen (secondary N) is 2. The molecule has 10 nitrogen and oxygen atoms in total. The minimum absolute atomic E-state index is 0.457. The second-order valence-electron chi connectivity index (χ2n) is 11.0. The molecule has 0 bridgehead atoms. The van der Waals surface area contributed by atoms with Gasteiger partial charge in [0, 0.05) is 81.2 Å². The second-order valence-corrected chi connectivity index (χ2v) is 11.8. The van der Waals surface area contributed by atoms with E-state index in [9.17, 15) is 0 Å². The fourth-order valence-corrected chi connectivity index (χ4v) is 6.61. The molecule has 0 radical (unpaired) electrons. The molecule has 0 spiro atoms. The van der Waals surface area contributed by atoms with Gasteiger partial charge in [0.25, 0.3) is 0 Å². The van der Waals surface area contributed by atoms with Crippen molar-refractivity contribution in [2.75, 3.05) is 75.2 Å². The number of likely N-dealkylation sites (N-methyl/N-ethyl adjacent to an activating group) is 1. The number of piperazine rings is 1. The summed E-state index contributed by atoms with van der Waals surface area (Å²) in [6, 6.07) is 10.9. The number of nitrogens with zero attached hydrogens (tertiary/aromatic N) is 7. The molecular formula is C32H39N9OS. The van der Waals surface area contributed by atoms with Crippen molar-refractivity contribution < 1.29 is 4.74 Å². The van der Waals surface area contributed by atoms with Crippen LogP contribution in [0.5, 0.6) is 5.75 Å². The number of piperidine rings is 1. The molecule has 4 aromatic rings. The zero-order valence-electron chi connectivity index (χ0n) is 25.1. The van der Waals surface area contributed by atoms with Crippen molar-refractivity contribution >= 4 is 57.7 Å². The predicted molar refractivity (Wildman–Crippen MR) is 177 cm³/mol. The molecule has 0 atom stereocenters. The molecule has 2 saturated heterocycles. The van der Waals surface area contributed by atoms with Gasteiger partial charge >= 0.3 is 0 Å². The first-order valence-corrected chi connectivity index (χ1v) is 16.0. The van der Waals surface area contributed by atoms with E-state index in [-0.39, 0.29) is 0 Å². The fourth-order valence-electron chi connectivity index (χ4n) is 5.92. The highest BCUT2D eigenvalue weighted by Crippen LogP contribution is 2.36. The van der Waals surface area contributed by atoms with E-state index in [4.69, 9.17) is 9.72 Å². The number of benzene rings is 2. The molecule has 2 aliphatic heterocycles. The first-order chi connectivity index (χ1) is 21.1. The molecule has 2 aromatic heterocycles. The Bertz CT molecular complexity index is 1580. The zero-order valence-corrected chi connectivity index (χ0v) is 25.9. The van der Waals surface area contributed by atoms with Gasteiger partial charge in [-0.15, -0.1) is 11.8 Å². The van der Waals surface area contributed by atoms with E-state index < -0.39 is 0 Å². The molecule has 4 heterocycles. The summed E-state index contributed by atoms with van der Waals surface area (Å²) in [6.45, 7) is 10.7. The van der Waals surface area contributed by atoms with Gasteiger partial charge in [-0.2, -0.15) is 4.98 Å². The van der Waals surface area contributed by atoms with Crippen LogP contribution >= 0.6 is 11.8 Å². The summed E-state index contributed by atoms with van der Waals surface area (Å²) < 4.78 is 5.81. The van der Waals surface area contributed by atoms with E-state index in [1.807, 2.05) is 24.5 Å². The average Bonchev–Trinajstić information content (AvgIpc) is 3.05. The van der Waals surface area contributed by atoms with E-state index in [0.717, 1.165) is 51.7 Å². The average molecular weight is 598 g/mol. The highest BCUT2D eigenvalue weighted by atomic mass is 32.2. The van der Waals surface area contributed by atoms with Crippen LogP contribution in [-0.4, -0.2) is 95.5 Å². The molecule has 2 N–H and O–H groups in total. The van der Waals surface area contributed by atoms with Crippen molar-refractivity contribution in [3.05, 3.63) is 61.1 Å². The second kappa shape index (κ2) is 13.2. The van der Waals surface area contributed by atoms with Crippen LogP contribution in [0.2, 0.25) is 0 Å². The van der Waals surface area contributed by atoms with Gasteiger partial charge in [-0.05, 0) is 50.4 Å². The zero-order chi connectivity index (χ0) is 29.8. The molecule has 2 aromatic carbocycles. The predicted octanol–water partition coefficient (Wildman–Crippen LogP) is 5.50. The Kier molecular flexibility index (Phi) is 8.92. The maximum atomic E-state index is 5.81. The van der Waals surface area contributed by atoms with Crippen LogP contribution in [0, 0.1) is 0 Å². The highest BCUT2D eigenvalue weighted by Gasteiger charge is 2.27. The Balaban J connectivity index is 1.17. The Morgan fingerprint density at radius 1 is 0.953 bits per heavy atom. The van der Waals surface area contributed by atoms with Crippen LogP contribution in [0.3, 0.4) is 0 Å². The normalized spacial score (nSPS) is 16.8. The lowest BCUT2D eigenvalue weighted by atomic mass is 10.0. The summed E-state index contributed by atoms with van der Waals surface area (Å²) in [4.78, 5) is 26.9. The van der Waals surface area contributed by atoms with E-state index >= 15 is 0 Å². The SMILES string of the molecule is C=Cc1cnc(Nc2ccc(N3CCC(N4CCN(C)CC4)CC3)cc2OC)nc1Nc1ccc2nccnc2c1SC. The summed E-state index contributed by atoms with van der Waals surface area (Å²) in [7, 11) is 3.92. The molecule has 0 amide bonds. The number of hydrogen-bond donors (Lipinski definition) is 2. The Morgan fingerprint density at radius 3 is 2.47 bits per heavy atom. The van der Waals surface area contributed by atoms with Crippen LogP contribution in [0.25, 0.3) is 17.1 Å². The van der Waals surface area contributed by atoms with Gasteiger partial charge in [-0.1, -0.05) is 12.7 Å². The maximum absolute atomic E-state index is 5.81. The lowest BCUT2D eigenvalue weighted by molar-refractivity contribution is 0.0982. The molecule has 11 heteroatoms. The number of aromatic nitrogens is 4. The van der Waals surface area contributed by atoms with Gasteiger partial charge in [-0.25, -0.2) is 4.98 Å². The standard InChI is InChI=1S/C32H39N9OS/c1-5-22-21-35-32(38-31(22)36-27-9-8-26-29(30(27)43-4)34-13-12-33-26)37-25-7-6-24(20-28(25)42-3)40-14-10-23(11-15-40)41-18-16-39(2)17-19-41/h5-9,12-13,20-21,23H,1,10-11,14-19H2,2-4H3,(H2,35,36,37,38). The number of fused-ring (bicyclic) bond motifs is 1. The molecule has 224 valence electrons. The van der Waals surface area contributed by atoms with E-state index in [2.05, 4.69) is 66.0 Å². The third-order valence-corrected chi connectivity index (χ3v) is 9.23. The number of ether oxygens (including phenoxy) is 1. The molecule has 6 rings (SSSR count). The minimum atomic E-state index is 0.457. The number of methoxy groups -OCH3 is 1. The van der Waals surface area contributed by atoms with Crippen molar-refractivity contribution in [1.29, 1.82) is 0 Å². The van der Waals surface area contributed by atoms with Crippen molar-refractivity contribution in [1.82, 2.24) is 29.7 Å². The quantitative estimate of drug-likeness (QED) is 0.240. The van der Waals surface area contributed by atoms with E-state index in [0.29, 0.717) is 17.8 Å². The molecule has 43 heavy (non-hydrogen) atoms. The molecular weight excluding hydrogens is 558 g/mol. The molecule has 0 aliphatic carbocycles. The highest BCUT2D eigenvalue weighted by molar-refractivity contribution is 7.99. The smallest absolute Gasteiger partial charge is 0.229 e. The molecule has 2 fully saturated rings. The first kappa shape index (κ1) is 29.2. The first-order valence-electron chi connectivity index (χ1n) is 14.7. The van der Waals surface area contributed by atoms with Crippen molar-refractivity contribution in [2.45, 2.75) is 23.8 Å². The number of thioether (sulfide) groups is 1. The van der Waals surface area contributed by atoms with Gasteiger partial charge in [0.2, 0.25) is 5.95 Å². The van der Waals surface area contributed by atoms with Gasteiger partial charge in [-0.3, -0.25) is 14.9 Å². The van der Waals surface area contributed by atoms with Crippen LogP contribution < -0.4 is 20.3 Å². The summed E-state index contributed by atoms with van der Waals surface area (Å²) >= 11 is 1.62. The molecule has 2 aliphatic rings. The topological polar surface area (TPSA) is 94.6 Å². The van der Waals surface area contributed by atoms with Gasteiger partial charge in [0.15, 0.2) is 0 Å². The minimum Gasteiger partial charge on any atom is -0.494 e. The summed E-state index contributed by atoms with van der Waals surface area (Å²) in [5.41, 5.74) is 5.36. The lowest BCUT2D eigenvalue weighted by Gasteiger charge is -2.42. The third kappa shape index (κ3) is 6.39. The number of anilines is 5. The third-order valence-electron chi connectivity index (χ3n) is 8.40. The summed E-state index contributed by atoms with van der Waals surface area (Å²) in [5, 5.41) is 6.84. The Hall–Kier alpha value is -3.93. The fraction of sp³-hybridized carbons (Fsp3) is 0.375. The Labute approximate surface area is 257 Å². The van der Waals surface area contributed by atoms with Gasteiger partial charge < -0.3 is 25.2 Å². The van der Waals surface area contributed by atoms with Gasteiger partial charge in [0.1, 0.15) is 17.1 Å². The number of rotatable bonds is 9.